The number of imide groups is 1. The molecule has 3 rings (SSSR count). The predicted molar refractivity (Wildman–Crippen MR) is 112 cm³/mol. The first kappa shape index (κ1) is 21.2. The number of nitrogens with one attached hydrogen (secondary N) is 1. The number of ether oxygens (including phenoxy) is 1. The average molecular weight is 454 g/mol. The summed E-state index contributed by atoms with van der Waals surface area (Å²) in [6, 6.07) is 10.7. The topological polar surface area (TPSA) is 75.7 Å². The molecule has 0 atom stereocenters. The molecule has 0 radical (unpaired) electrons. The van der Waals surface area contributed by atoms with Crippen LogP contribution in [0.25, 0.3) is 0 Å². The highest BCUT2D eigenvalue weighted by Gasteiger charge is 2.39. The monoisotopic (exact) mass is 452 g/mol. The van der Waals surface area contributed by atoms with E-state index in [1.165, 1.54) is 24.3 Å². The van der Waals surface area contributed by atoms with Gasteiger partial charge in [0.2, 0.25) is 0 Å². The van der Waals surface area contributed by atoms with Crippen molar-refractivity contribution >= 4 is 64.0 Å². The lowest BCUT2D eigenvalue weighted by Gasteiger charge is -2.16. The number of hydrogen-bond acceptors (Lipinski definition) is 5. The SMILES string of the molecule is CC(C)OC(=O)c1cccc(NC2=C(Cl)C(=O)N(c3ccc(Cl)c(Cl)c3)C2=O)c1. The molecule has 1 heterocycles. The first-order valence-corrected chi connectivity index (χ1v) is 9.64. The molecule has 0 aromatic heterocycles. The van der Waals surface area contributed by atoms with E-state index in [2.05, 4.69) is 5.32 Å². The second kappa shape index (κ2) is 8.45. The van der Waals surface area contributed by atoms with Gasteiger partial charge in [-0.25, -0.2) is 9.69 Å². The van der Waals surface area contributed by atoms with E-state index >= 15 is 0 Å². The van der Waals surface area contributed by atoms with Crippen LogP contribution in [0.2, 0.25) is 10.0 Å². The van der Waals surface area contributed by atoms with Crippen LogP contribution < -0.4 is 10.2 Å². The Kier molecular flexibility index (Phi) is 6.17. The molecule has 6 nitrogen and oxygen atoms in total. The Bertz CT molecular complexity index is 1050. The van der Waals surface area contributed by atoms with Crippen molar-refractivity contribution in [3.63, 3.8) is 0 Å². The Morgan fingerprint density at radius 3 is 2.38 bits per heavy atom. The summed E-state index contributed by atoms with van der Waals surface area (Å²) in [5.74, 6) is -1.86. The molecule has 0 bridgehead atoms. The fourth-order valence-electron chi connectivity index (χ4n) is 2.62. The van der Waals surface area contributed by atoms with E-state index in [1.807, 2.05) is 0 Å². The van der Waals surface area contributed by atoms with Gasteiger partial charge in [-0.1, -0.05) is 40.9 Å². The molecule has 0 aliphatic carbocycles. The summed E-state index contributed by atoms with van der Waals surface area (Å²) < 4.78 is 5.16. The van der Waals surface area contributed by atoms with Gasteiger partial charge in [0.05, 0.1) is 27.4 Å². The highest BCUT2D eigenvalue weighted by atomic mass is 35.5. The number of amides is 2. The molecule has 2 aromatic carbocycles. The molecule has 0 saturated heterocycles. The van der Waals surface area contributed by atoms with Crippen molar-refractivity contribution in [1.29, 1.82) is 0 Å². The van der Waals surface area contributed by atoms with Crippen LogP contribution in [-0.4, -0.2) is 23.9 Å². The van der Waals surface area contributed by atoms with Crippen molar-refractivity contribution in [2.75, 3.05) is 10.2 Å². The van der Waals surface area contributed by atoms with E-state index in [0.717, 1.165) is 4.90 Å². The van der Waals surface area contributed by atoms with E-state index < -0.39 is 17.8 Å². The zero-order chi connectivity index (χ0) is 21.3. The minimum Gasteiger partial charge on any atom is -0.459 e. The molecule has 0 saturated carbocycles. The summed E-state index contributed by atoms with van der Waals surface area (Å²) in [5, 5.41) is 3.01. The Hall–Kier alpha value is -2.54. The standard InChI is InChI=1S/C20H15Cl3N2O4/c1-10(2)29-20(28)11-4-3-5-12(8-11)24-17-16(23)18(26)25(19(17)27)13-6-7-14(21)15(22)9-13/h3-10,24H,1-2H3. The van der Waals surface area contributed by atoms with E-state index in [-0.39, 0.29) is 32.6 Å². The lowest BCUT2D eigenvalue weighted by Crippen LogP contribution is -2.32. The smallest absolute Gasteiger partial charge is 0.338 e. The molecule has 2 aromatic rings. The average Bonchev–Trinajstić information content (AvgIpc) is 2.87. The minimum absolute atomic E-state index is 0.114. The number of rotatable bonds is 5. The van der Waals surface area contributed by atoms with Gasteiger partial charge in [-0.15, -0.1) is 0 Å². The summed E-state index contributed by atoms with van der Waals surface area (Å²) in [7, 11) is 0. The van der Waals surface area contributed by atoms with Gasteiger partial charge in [-0.3, -0.25) is 9.59 Å². The van der Waals surface area contributed by atoms with Crippen LogP contribution >= 0.6 is 34.8 Å². The minimum atomic E-state index is -0.701. The van der Waals surface area contributed by atoms with Gasteiger partial charge in [0.15, 0.2) is 0 Å². The van der Waals surface area contributed by atoms with Crippen molar-refractivity contribution in [2.24, 2.45) is 0 Å². The maximum atomic E-state index is 12.8. The van der Waals surface area contributed by atoms with Crippen LogP contribution in [0, 0.1) is 0 Å². The van der Waals surface area contributed by atoms with Gasteiger partial charge < -0.3 is 10.1 Å². The zero-order valence-corrected chi connectivity index (χ0v) is 17.6. The highest BCUT2D eigenvalue weighted by Crippen LogP contribution is 2.33. The van der Waals surface area contributed by atoms with Gasteiger partial charge in [-0.2, -0.15) is 0 Å². The molecular weight excluding hydrogens is 439 g/mol. The second-order valence-corrected chi connectivity index (χ2v) is 7.59. The largest absolute Gasteiger partial charge is 0.459 e. The third-order valence-electron chi connectivity index (χ3n) is 3.90. The number of nitrogens with zero attached hydrogens (tertiary/aromatic N) is 1. The molecule has 2 amide bonds. The highest BCUT2D eigenvalue weighted by molar-refractivity contribution is 6.53. The molecular formula is C20H15Cl3N2O4. The summed E-state index contributed by atoms with van der Waals surface area (Å²) in [4.78, 5) is 38.3. The van der Waals surface area contributed by atoms with E-state index in [1.54, 1.807) is 32.0 Å². The summed E-state index contributed by atoms with van der Waals surface area (Å²) in [5.41, 5.74) is 0.808. The molecule has 0 unspecified atom stereocenters. The third kappa shape index (κ3) is 4.40. The van der Waals surface area contributed by atoms with Crippen molar-refractivity contribution in [3.05, 3.63) is 68.8 Å². The fourth-order valence-corrected chi connectivity index (χ4v) is 3.13. The lowest BCUT2D eigenvalue weighted by molar-refractivity contribution is -0.120. The molecule has 0 spiro atoms. The zero-order valence-electron chi connectivity index (χ0n) is 15.3. The Labute approximate surface area is 182 Å². The van der Waals surface area contributed by atoms with Crippen LogP contribution in [0.1, 0.15) is 24.2 Å². The molecule has 1 aliphatic heterocycles. The third-order valence-corrected chi connectivity index (χ3v) is 4.99. The van der Waals surface area contributed by atoms with Gasteiger partial charge in [0.1, 0.15) is 10.7 Å². The lowest BCUT2D eigenvalue weighted by atomic mass is 10.2. The van der Waals surface area contributed by atoms with Crippen molar-refractivity contribution in [1.82, 2.24) is 0 Å². The molecule has 0 fully saturated rings. The Morgan fingerprint density at radius 1 is 1.00 bits per heavy atom. The van der Waals surface area contributed by atoms with Crippen LogP contribution in [0.3, 0.4) is 0 Å². The predicted octanol–water partition coefficient (Wildman–Crippen LogP) is 4.99. The molecule has 9 heteroatoms. The molecule has 29 heavy (non-hydrogen) atoms. The van der Waals surface area contributed by atoms with Crippen molar-refractivity contribution < 1.29 is 19.1 Å². The molecule has 150 valence electrons. The maximum Gasteiger partial charge on any atom is 0.338 e. The number of esters is 1. The van der Waals surface area contributed by atoms with E-state index in [4.69, 9.17) is 39.5 Å². The van der Waals surface area contributed by atoms with Crippen LogP contribution in [-0.2, 0) is 14.3 Å². The number of hydrogen-bond donors (Lipinski definition) is 1. The molecule has 1 N–H and O–H groups in total. The number of benzene rings is 2. The number of anilines is 2. The number of halogens is 3. The second-order valence-electron chi connectivity index (χ2n) is 6.39. The van der Waals surface area contributed by atoms with Crippen molar-refractivity contribution in [2.45, 2.75) is 20.0 Å². The summed E-state index contributed by atoms with van der Waals surface area (Å²) in [6.45, 7) is 3.48. The van der Waals surface area contributed by atoms with Gasteiger partial charge in [0.25, 0.3) is 11.8 Å². The van der Waals surface area contributed by atoms with Gasteiger partial charge in [0, 0.05) is 5.69 Å². The maximum absolute atomic E-state index is 12.8. The summed E-state index contributed by atoms with van der Waals surface area (Å²) in [6.07, 6.45) is -0.273. The van der Waals surface area contributed by atoms with Crippen LogP contribution in [0.4, 0.5) is 11.4 Å². The van der Waals surface area contributed by atoms with Gasteiger partial charge >= 0.3 is 5.97 Å². The normalized spacial score (nSPS) is 14.1. The summed E-state index contributed by atoms with van der Waals surface area (Å²) >= 11 is 18.0. The Balaban J connectivity index is 1.86. The van der Waals surface area contributed by atoms with Crippen molar-refractivity contribution in [3.8, 4) is 0 Å². The van der Waals surface area contributed by atoms with Crippen LogP contribution in [0.5, 0.6) is 0 Å². The van der Waals surface area contributed by atoms with E-state index in [9.17, 15) is 14.4 Å². The Morgan fingerprint density at radius 2 is 1.72 bits per heavy atom. The quantitative estimate of drug-likeness (QED) is 0.509. The fraction of sp³-hybridized carbons (Fsp3) is 0.150. The number of carbonyl (C=O) groups excluding carboxylic acids is 3. The number of carbonyl (C=O) groups is 3. The van der Waals surface area contributed by atoms with Crippen LogP contribution in [0.15, 0.2) is 53.2 Å². The van der Waals surface area contributed by atoms with Gasteiger partial charge in [-0.05, 0) is 50.2 Å². The first-order valence-electron chi connectivity index (χ1n) is 8.50. The molecule has 1 aliphatic rings. The van der Waals surface area contributed by atoms with E-state index in [0.29, 0.717) is 11.3 Å². The first-order chi connectivity index (χ1) is 13.7.